The standard InChI is InChI=1S/C17H22F3NO4/c1-5-25-15(24)13(9-16(2,3)4)21-10-11(6-7-22)12(8-14(21)23)17(18,19)20/h7-8,10,13H,5-6,9H2,1-4H3. The quantitative estimate of drug-likeness (QED) is 0.577. The Morgan fingerprint density at radius 3 is 2.36 bits per heavy atom. The van der Waals surface area contributed by atoms with Gasteiger partial charge in [-0.3, -0.25) is 4.79 Å². The van der Waals surface area contributed by atoms with E-state index in [9.17, 15) is 27.6 Å². The summed E-state index contributed by atoms with van der Waals surface area (Å²) in [5.41, 5.74) is -2.88. The van der Waals surface area contributed by atoms with Gasteiger partial charge in [-0.2, -0.15) is 13.2 Å². The number of hydrogen-bond acceptors (Lipinski definition) is 4. The van der Waals surface area contributed by atoms with Crippen molar-refractivity contribution in [3.63, 3.8) is 0 Å². The number of pyridine rings is 1. The Morgan fingerprint density at radius 2 is 1.92 bits per heavy atom. The second kappa shape index (κ2) is 7.84. The highest BCUT2D eigenvalue weighted by Crippen LogP contribution is 2.33. The summed E-state index contributed by atoms with van der Waals surface area (Å²) in [6.45, 7) is 7.18. The first kappa shape index (κ1) is 20.9. The van der Waals surface area contributed by atoms with Gasteiger partial charge in [0.05, 0.1) is 12.2 Å². The van der Waals surface area contributed by atoms with Gasteiger partial charge in [0, 0.05) is 18.7 Å². The molecule has 1 aromatic rings. The van der Waals surface area contributed by atoms with Crippen LogP contribution in [0.2, 0.25) is 0 Å². The van der Waals surface area contributed by atoms with Crippen molar-refractivity contribution in [3.8, 4) is 0 Å². The molecule has 0 saturated heterocycles. The van der Waals surface area contributed by atoms with E-state index in [2.05, 4.69) is 0 Å². The highest BCUT2D eigenvalue weighted by molar-refractivity contribution is 5.74. The summed E-state index contributed by atoms with van der Waals surface area (Å²) in [6.07, 6.45) is -3.83. The molecule has 0 saturated carbocycles. The molecule has 0 spiro atoms. The third kappa shape index (κ3) is 5.72. The fourth-order valence-corrected chi connectivity index (χ4v) is 2.47. The summed E-state index contributed by atoms with van der Waals surface area (Å²) in [5, 5.41) is 0. The fourth-order valence-electron chi connectivity index (χ4n) is 2.47. The van der Waals surface area contributed by atoms with Gasteiger partial charge in [0.1, 0.15) is 12.3 Å². The Kier molecular flexibility index (Phi) is 6.56. The van der Waals surface area contributed by atoms with Gasteiger partial charge in [-0.15, -0.1) is 0 Å². The lowest BCUT2D eigenvalue weighted by Gasteiger charge is -2.27. The molecule has 0 aliphatic heterocycles. The largest absolute Gasteiger partial charge is 0.464 e. The Balaban J connectivity index is 3.53. The summed E-state index contributed by atoms with van der Waals surface area (Å²) in [4.78, 5) is 35.2. The van der Waals surface area contributed by atoms with Crippen LogP contribution in [0.5, 0.6) is 0 Å². The molecule has 0 radical (unpaired) electrons. The smallest absolute Gasteiger partial charge is 0.416 e. The van der Waals surface area contributed by atoms with E-state index in [0.717, 1.165) is 10.8 Å². The molecular weight excluding hydrogens is 339 g/mol. The molecule has 0 aromatic carbocycles. The molecule has 0 bridgehead atoms. The highest BCUT2D eigenvalue weighted by Gasteiger charge is 2.36. The third-order valence-corrected chi connectivity index (χ3v) is 3.47. The van der Waals surface area contributed by atoms with E-state index in [1.807, 2.05) is 20.8 Å². The summed E-state index contributed by atoms with van der Waals surface area (Å²) in [6, 6.07) is -0.645. The molecule has 1 atom stereocenters. The van der Waals surface area contributed by atoms with E-state index in [1.54, 1.807) is 6.92 Å². The molecule has 1 heterocycles. The number of ether oxygens (including phenoxy) is 1. The number of carbonyl (C=O) groups is 2. The molecule has 1 rings (SSSR count). The number of carbonyl (C=O) groups excluding carboxylic acids is 2. The van der Waals surface area contributed by atoms with Crippen LogP contribution < -0.4 is 5.56 Å². The van der Waals surface area contributed by atoms with Crippen molar-refractivity contribution in [2.75, 3.05) is 6.61 Å². The van der Waals surface area contributed by atoms with E-state index >= 15 is 0 Å². The summed E-state index contributed by atoms with van der Waals surface area (Å²) < 4.78 is 45.1. The molecule has 25 heavy (non-hydrogen) atoms. The minimum atomic E-state index is -4.76. The highest BCUT2D eigenvalue weighted by atomic mass is 19.4. The number of rotatable bonds is 6. The van der Waals surface area contributed by atoms with Gasteiger partial charge >= 0.3 is 12.1 Å². The summed E-state index contributed by atoms with van der Waals surface area (Å²) in [5.74, 6) is -0.698. The number of esters is 1. The first-order chi connectivity index (χ1) is 11.4. The number of aldehydes is 1. The lowest BCUT2D eigenvalue weighted by atomic mass is 9.87. The minimum Gasteiger partial charge on any atom is -0.464 e. The van der Waals surface area contributed by atoms with Crippen LogP contribution in [0.3, 0.4) is 0 Å². The number of hydrogen-bond donors (Lipinski definition) is 0. The molecule has 0 aliphatic rings. The van der Waals surface area contributed by atoms with E-state index in [4.69, 9.17) is 4.74 Å². The van der Waals surface area contributed by atoms with Crippen LogP contribution in [-0.2, 0) is 26.9 Å². The van der Waals surface area contributed by atoms with Gasteiger partial charge < -0.3 is 14.1 Å². The van der Waals surface area contributed by atoms with E-state index in [-0.39, 0.29) is 24.0 Å². The molecule has 0 N–H and O–H groups in total. The van der Waals surface area contributed by atoms with Crippen molar-refractivity contribution in [1.82, 2.24) is 4.57 Å². The van der Waals surface area contributed by atoms with Crippen molar-refractivity contribution < 1.29 is 27.5 Å². The fraction of sp³-hybridized carbons (Fsp3) is 0.588. The number of aromatic nitrogens is 1. The Hall–Kier alpha value is -2.12. The van der Waals surface area contributed by atoms with E-state index < -0.39 is 35.7 Å². The van der Waals surface area contributed by atoms with Crippen molar-refractivity contribution in [3.05, 3.63) is 33.7 Å². The van der Waals surface area contributed by atoms with Crippen molar-refractivity contribution in [1.29, 1.82) is 0 Å². The van der Waals surface area contributed by atoms with Crippen LogP contribution in [0, 0.1) is 5.41 Å². The zero-order valence-electron chi connectivity index (χ0n) is 14.6. The first-order valence-electron chi connectivity index (χ1n) is 7.83. The number of alkyl halides is 3. The van der Waals surface area contributed by atoms with Crippen LogP contribution in [0.15, 0.2) is 17.1 Å². The summed E-state index contributed by atoms with van der Waals surface area (Å²) in [7, 11) is 0. The Morgan fingerprint density at radius 1 is 1.32 bits per heavy atom. The maximum atomic E-state index is 13.1. The molecular formula is C17H22F3NO4. The molecule has 0 aliphatic carbocycles. The third-order valence-electron chi connectivity index (χ3n) is 3.47. The molecule has 140 valence electrons. The first-order valence-corrected chi connectivity index (χ1v) is 7.83. The number of nitrogens with zero attached hydrogens (tertiary/aromatic N) is 1. The van der Waals surface area contributed by atoms with Gasteiger partial charge in [0.15, 0.2) is 0 Å². The molecule has 8 heteroatoms. The Bertz CT molecular complexity index is 687. The topological polar surface area (TPSA) is 65.4 Å². The van der Waals surface area contributed by atoms with E-state index in [0.29, 0.717) is 12.4 Å². The lowest BCUT2D eigenvalue weighted by molar-refractivity contribution is -0.148. The number of halogens is 3. The van der Waals surface area contributed by atoms with Gasteiger partial charge in [-0.05, 0) is 24.3 Å². The van der Waals surface area contributed by atoms with E-state index in [1.165, 1.54) is 0 Å². The average molecular weight is 361 g/mol. The SMILES string of the molecule is CCOC(=O)C(CC(C)(C)C)n1cc(CC=O)c(C(F)(F)F)cc1=O. The Labute approximate surface area is 143 Å². The maximum Gasteiger partial charge on any atom is 0.416 e. The van der Waals surface area contributed by atoms with Crippen molar-refractivity contribution in [2.24, 2.45) is 5.41 Å². The van der Waals surface area contributed by atoms with Crippen LogP contribution in [0.4, 0.5) is 13.2 Å². The molecule has 0 amide bonds. The average Bonchev–Trinajstić information content (AvgIpc) is 2.45. The monoisotopic (exact) mass is 361 g/mol. The minimum absolute atomic E-state index is 0.0794. The molecule has 0 fully saturated rings. The second-order valence-corrected chi connectivity index (χ2v) is 6.86. The predicted molar refractivity (Wildman–Crippen MR) is 85.2 cm³/mol. The lowest BCUT2D eigenvalue weighted by Crippen LogP contribution is -2.34. The van der Waals surface area contributed by atoms with Crippen LogP contribution in [0.25, 0.3) is 0 Å². The predicted octanol–water partition coefficient (Wildman–Crippen LogP) is 3.15. The van der Waals surface area contributed by atoms with Gasteiger partial charge in [0.25, 0.3) is 5.56 Å². The molecule has 1 unspecified atom stereocenters. The second-order valence-electron chi connectivity index (χ2n) is 6.86. The molecule has 5 nitrogen and oxygen atoms in total. The zero-order valence-corrected chi connectivity index (χ0v) is 14.6. The van der Waals surface area contributed by atoms with Crippen LogP contribution >= 0.6 is 0 Å². The van der Waals surface area contributed by atoms with Crippen LogP contribution in [0.1, 0.15) is 51.3 Å². The van der Waals surface area contributed by atoms with Gasteiger partial charge in [0.2, 0.25) is 0 Å². The van der Waals surface area contributed by atoms with Crippen LogP contribution in [-0.4, -0.2) is 23.4 Å². The van der Waals surface area contributed by atoms with Gasteiger partial charge in [-0.1, -0.05) is 20.8 Å². The summed E-state index contributed by atoms with van der Waals surface area (Å²) >= 11 is 0. The molecule has 1 aromatic heterocycles. The van der Waals surface area contributed by atoms with Crippen molar-refractivity contribution in [2.45, 2.75) is 52.8 Å². The van der Waals surface area contributed by atoms with Gasteiger partial charge in [-0.25, -0.2) is 4.79 Å². The van der Waals surface area contributed by atoms with Crippen molar-refractivity contribution >= 4 is 12.3 Å². The normalized spacial score (nSPS) is 13.4. The zero-order chi connectivity index (χ0) is 19.4. The maximum absolute atomic E-state index is 13.1.